The molecule has 0 aliphatic rings. The number of aromatic nitrogens is 3. The molecule has 3 aromatic rings. The van der Waals surface area contributed by atoms with E-state index in [1.165, 1.54) is 6.07 Å². The Hall–Kier alpha value is -2.98. The van der Waals surface area contributed by atoms with Crippen LogP contribution >= 0.6 is 11.6 Å². The summed E-state index contributed by atoms with van der Waals surface area (Å²) in [5.74, 6) is -1.54. The standard InChI is InChI=1S/C16H9ClF2N4O/c17-11-4-9(8-24-15-2-1-12(18)6-13(15)19)3-10(5-11)16-14(7-20)21-23-22-16/h1-6H,8H2,(H,21,22,23). The lowest BCUT2D eigenvalue weighted by Gasteiger charge is -2.09. The maximum Gasteiger partial charge on any atom is 0.167 e. The van der Waals surface area contributed by atoms with E-state index in [-0.39, 0.29) is 18.1 Å². The zero-order valence-electron chi connectivity index (χ0n) is 12.1. The Morgan fingerprint density at radius 3 is 2.79 bits per heavy atom. The van der Waals surface area contributed by atoms with Crippen LogP contribution in [-0.4, -0.2) is 15.4 Å². The van der Waals surface area contributed by atoms with E-state index in [1.807, 2.05) is 6.07 Å². The third-order valence-corrected chi connectivity index (χ3v) is 3.40. The highest BCUT2D eigenvalue weighted by Gasteiger charge is 2.12. The highest BCUT2D eigenvalue weighted by molar-refractivity contribution is 6.30. The van der Waals surface area contributed by atoms with Gasteiger partial charge in [0.1, 0.15) is 24.2 Å². The first-order valence-electron chi connectivity index (χ1n) is 6.75. The number of nitrogens with zero attached hydrogens (tertiary/aromatic N) is 3. The molecule has 0 atom stereocenters. The van der Waals surface area contributed by atoms with Gasteiger partial charge in [-0.1, -0.05) is 16.8 Å². The highest BCUT2D eigenvalue weighted by atomic mass is 35.5. The van der Waals surface area contributed by atoms with Crippen molar-refractivity contribution < 1.29 is 13.5 Å². The number of H-pyrrole nitrogens is 1. The first-order valence-corrected chi connectivity index (χ1v) is 7.13. The normalized spacial score (nSPS) is 10.4. The van der Waals surface area contributed by atoms with Crippen LogP contribution in [0.3, 0.4) is 0 Å². The summed E-state index contributed by atoms with van der Waals surface area (Å²) in [6.45, 7) is 0.00977. The molecule has 0 bridgehead atoms. The number of nitrogens with one attached hydrogen (secondary N) is 1. The van der Waals surface area contributed by atoms with Crippen molar-refractivity contribution in [1.82, 2.24) is 15.4 Å². The Balaban J connectivity index is 1.85. The Labute approximate surface area is 140 Å². The van der Waals surface area contributed by atoms with Crippen LogP contribution in [0.1, 0.15) is 11.3 Å². The SMILES string of the molecule is N#Cc1[nH]nnc1-c1cc(Cl)cc(COc2ccc(F)cc2F)c1. The summed E-state index contributed by atoms with van der Waals surface area (Å²) >= 11 is 6.08. The largest absolute Gasteiger partial charge is 0.486 e. The zero-order chi connectivity index (χ0) is 17.1. The Morgan fingerprint density at radius 2 is 2.04 bits per heavy atom. The third kappa shape index (κ3) is 3.34. The van der Waals surface area contributed by atoms with Crippen molar-refractivity contribution in [1.29, 1.82) is 5.26 Å². The molecule has 1 N–H and O–H groups in total. The summed E-state index contributed by atoms with van der Waals surface area (Å²) in [6.07, 6.45) is 0. The molecule has 0 radical (unpaired) electrons. The van der Waals surface area contributed by atoms with Gasteiger partial charge in [-0.05, 0) is 35.9 Å². The highest BCUT2D eigenvalue weighted by Crippen LogP contribution is 2.26. The second kappa shape index (κ2) is 6.64. The minimum atomic E-state index is -0.791. The maximum absolute atomic E-state index is 13.6. The molecule has 0 aliphatic carbocycles. The number of aromatic amines is 1. The number of halogens is 3. The van der Waals surface area contributed by atoms with Crippen molar-refractivity contribution in [2.45, 2.75) is 6.61 Å². The molecule has 3 rings (SSSR count). The fourth-order valence-electron chi connectivity index (χ4n) is 2.13. The summed E-state index contributed by atoms with van der Waals surface area (Å²) in [6, 6.07) is 9.97. The summed E-state index contributed by atoms with van der Waals surface area (Å²) < 4.78 is 31.8. The molecule has 1 heterocycles. The molecule has 0 aliphatic heterocycles. The molecule has 0 saturated heterocycles. The van der Waals surface area contributed by atoms with E-state index in [0.29, 0.717) is 21.8 Å². The van der Waals surface area contributed by atoms with Gasteiger partial charge in [0, 0.05) is 16.7 Å². The fraction of sp³-hybridized carbons (Fsp3) is 0.0625. The van der Waals surface area contributed by atoms with Crippen LogP contribution in [0.2, 0.25) is 5.02 Å². The average Bonchev–Trinajstić information content (AvgIpc) is 3.02. The lowest BCUT2D eigenvalue weighted by molar-refractivity contribution is 0.289. The van der Waals surface area contributed by atoms with E-state index in [9.17, 15) is 8.78 Å². The van der Waals surface area contributed by atoms with E-state index in [0.717, 1.165) is 12.1 Å². The van der Waals surface area contributed by atoms with Crippen molar-refractivity contribution in [2.24, 2.45) is 0 Å². The van der Waals surface area contributed by atoms with E-state index in [1.54, 1.807) is 18.2 Å². The molecule has 2 aromatic carbocycles. The second-order valence-corrected chi connectivity index (χ2v) is 5.30. The van der Waals surface area contributed by atoms with Crippen molar-refractivity contribution in [3.8, 4) is 23.1 Å². The van der Waals surface area contributed by atoms with Gasteiger partial charge in [-0.3, -0.25) is 0 Å². The van der Waals surface area contributed by atoms with Crippen LogP contribution in [0.4, 0.5) is 8.78 Å². The summed E-state index contributed by atoms with van der Waals surface area (Å²) in [4.78, 5) is 0. The third-order valence-electron chi connectivity index (χ3n) is 3.18. The van der Waals surface area contributed by atoms with Gasteiger partial charge >= 0.3 is 0 Å². The van der Waals surface area contributed by atoms with E-state index in [2.05, 4.69) is 15.4 Å². The number of rotatable bonds is 4. The van der Waals surface area contributed by atoms with Crippen LogP contribution in [0, 0.1) is 23.0 Å². The van der Waals surface area contributed by atoms with Crippen molar-refractivity contribution >= 4 is 11.6 Å². The van der Waals surface area contributed by atoms with Gasteiger partial charge in [0.2, 0.25) is 0 Å². The molecule has 0 unspecified atom stereocenters. The van der Waals surface area contributed by atoms with E-state index in [4.69, 9.17) is 21.6 Å². The molecule has 0 spiro atoms. The summed E-state index contributed by atoms with van der Waals surface area (Å²) in [7, 11) is 0. The maximum atomic E-state index is 13.6. The molecular formula is C16H9ClF2N4O. The molecule has 120 valence electrons. The monoisotopic (exact) mass is 346 g/mol. The van der Waals surface area contributed by atoms with Crippen LogP contribution in [0.25, 0.3) is 11.3 Å². The van der Waals surface area contributed by atoms with Crippen molar-refractivity contribution in [3.63, 3.8) is 0 Å². The fourth-order valence-corrected chi connectivity index (χ4v) is 2.39. The molecule has 8 heteroatoms. The summed E-state index contributed by atoms with van der Waals surface area (Å²) in [5, 5.41) is 19.3. The van der Waals surface area contributed by atoms with E-state index >= 15 is 0 Å². The number of benzene rings is 2. The van der Waals surface area contributed by atoms with Crippen molar-refractivity contribution in [3.05, 3.63) is 64.3 Å². The number of hydrogen-bond donors (Lipinski definition) is 1. The number of ether oxygens (including phenoxy) is 1. The van der Waals surface area contributed by atoms with Gasteiger partial charge in [-0.25, -0.2) is 13.9 Å². The van der Waals surface area contributed by atoms with Crippen LogP contribution in [0.5, 0.6) is 5.75 Å². The Morgan fingerprint density at radius 1 is 1.21 bits per heavy atom. The van der Waals surface area contributed by atoms with Gasteiger partial charge < -0.3 is 4.74 Å². The quantitative estimate of drug-likeness (QED) is 0.778. The first-order chi connectivity index (χ1) is 11.6. The molecule has 0 saturated carbocycles. The van der Waals surface area contributed by atoms with Crippen LogP contribution in [0.15, 0.2) is 36.4 Å². The van der Waals surface area contributed by atoms with Crippen LogP contribution in [-0.2, 0) is 6.61 Å². The number of nitriles is 1. The molecule has 0 amide bonds. The lowest BCUT2D eigenvalue weighted by atomic mass is 10.1. The van der Waals surface area contributed by atoms with Gasteiger partial charge in [0.15, 0.2) is 17.3 Å². The molecular weight excluding hydrogens is 338 g/mol. The summed E-state index contributed by atoms with van der Waals surface area (Å²) in [5.41, 5.74) is 1.77. The minimum Gasteiger partial charge on any atom is -0.486 e. The van der Waals surface area contributed by atoms with Crippen LogP contribution < -0.4 is 4.74 Å². The topological polar surface area (TPSA) is 74.6 Å². The van der Waals surface area contributed by atoms with Crippen molar-refractivity contribution in [2.75, 3.05) is 0 Å². The second-order valence-electron chi connectivity index (χ2n) is 4.86. The van der Waals surface area contributed by atoms with Gasteiger partial charge in [-0.2, -0.15) is 5.26 Å². The predicted octanol–water partition coefficient (Wildman–Crippen LogP) is 3.85. The van der Waals surface area contributed by atoms with E-state index < -0.39 is 11.6 Å². The van der Waals surface area contributed by atoms with Gasteiger partial charge in [0.05, 0.1) is 0 Å². The van der Waals surface area contributed by atoms with Gasteiger partial charge in [0.25, 0.3) is 0 Å². The Kier molecular flexibility index (Phi) is 4.40. The van der Waals surface area contributed by atoms with Gasteiger partial charge in [-0.15, -0.1) is 5.10 Å². The minimum absolute atomic E-state index is 0.00977. The zero-order valence-corrected chi connectivity index (χ0v) is 12.8. The Bertz CT molecular complexity index is 936. The average molecular weight is 347 g/mol. The molecule has 1 aromatic heterocycles. The first kappa shape index (κ1) is 15.9. The molecule has 5 nitrogen and oxygen atoms in total. The number of hydrogen-bond acceptors (Lipinski definition) is 4. The lowest BCUT2D eigenvalue weighted by Crippen LogP contribution is -1.98. The molecule has 24 heavy (non-hydrogen) atoms. The molecule has 0 fully saturated rings. The smallest absolute Gasteiger partial charge is 0.167 e. The predicted molar refractivity (Wildman–Crippen MR) is 82.2 cm³/mol.